The average molecular weight is 500 g/mol. The Morgan fingerprint density at radius 2 is 1.78 bits per heavy atom. The lowest BCUT2D eigenvalue weighted by molar-refractivity contribution is 0.102. The van der Waals surface area contributed by atoms with Gasteiger partial charge in [-0.1, -0.05) is 47.3 Å². The fourth-order valence-corrected chi connectivity index (χ4v) is 5.14. The Balaban J connectivity index is 1.15. The van der Waals surface area contributed by atoms with Gasteiger partial charge in [0.2, 0.25) is 0 Å². The van der Waals surface area contributed by atoms with E-state index >= 15 is 0 Å². The molecule has 0 unspecified atom stereocenters. The van der Waals surface area contributed by atoms with E-state index in [9.17, 15) is 4.79 Å². The van der Waals surface area contributed by atoms with E-state index in [1.807, 2.05) is 25.1 Å². The highest BCUT2D eigenvalue weighted by molar-refractivity contribution is 7.98. The molecule has 0 atom stereocenters. The van der Waals surface area contributed by atoms with Gasteiger partial charge in [-0.3, -0.25) is 9.69 Å². The molecular weight excluding hydrogens is 470 g/mol. The van der Waals surface area contributed by atoms with Gasteiger partial charge in [-0.05, 0) is 48.9 Å². The van der Waals surface area contributed by atoms with Gasteiger partial charge in [0.05, 0.1) is 11.3 Å². The summed E-state index contributed by atoms with van der Waals surface area (Å²) in [6.45, 7) is 6.88. The number of rotatable bonds is 8. The molecule has 1 N–H and O–H groups in total. The number of nitrogens with one attached hydrogen (secondary N) is 1. The monoisotopic (exact) mass is 499 g/mol. The predicted octanol–water partition coefficient (Wildman–Crippen LogP) is 5.24. The molecule has 1 aliphatic rings. The first-order chi connectivity index (χ1) is 17.6. The lowest BCUT2D eigenvalue weighted by atomic mass is 10.2. The molecule has 0 saturated carbocycles. The predicted molar refractivity (Wildman–Crippen MR) is 143 cm³/mol. The topological polar surface area (TPSA) is 74.5 Å². The molecule has 0 radical (unpaired) electrons. The highest BCUT2D eigenvalue weighted by atomic mass is 32.2. The Hall–Kier alpha value is -3.62. The van der Waals surface area contributed by atoms with E-state index < -0.39 is 0 Å². The first-order valence-corrected chi connectivity index (χ1v) is 13.1. The van der Waals surface area contributed by atoms with Crippen molar-refractivity contribution in [3.05, 3.63) is 102 Å². The Morgan fingerprint density at radius 1 is 1.00 bits per heavy atom. The van der Waals surface area contributed by atoms with Crippen LogP contribution in [0, 0.1) is 6.92 Å². The molecule has 3 heterocycles. The molecule has 1 amide bonds. The Morgan fingerprint density at radius 3 is 2.50 bits per heavy atom. The van der Waals surface area contributed by atoms with Crippen LogP contribution in [0.5, 0.6) is 0 Å². The van der Waals surface area contributed by atoms with Crippen molar-refractivity contribution in [3.8, 4) is 0 Å². The second-order valence-corrected chi connectivity index (χ2v) is 9.79. The van der Waals surface area contributed by atoms with Gasteiger partial charge in [0.1, 0.15) is 10.8 Å². The average Bonchev–Trinajstić information content (AvgIpc) is 3.34. The molecule has 0 spiro atoms. The third-order valence-electron chi connectivity index (χ3n) is 6.16. The van der Waals surface area contributed by atoms with Gasteiger partial charge in [-0.2, -0.15) is 0 Å². The highest BCUT2D eigenvalue weighted by Gasteiger charge is 2.18. The SMILES string of the molecule is Cc1cc(CSc2ncccc2C(=O)Nc2ccc(N3CCN(Cc4ccccc4)CC3)cc2)no1. The number of carbonyl (C=O) groups is 1. The molecule has 5 rings (SSSR count). The molecule has 36 heavy (non-hydrogen) atoms. The molecule has 8 heteroatoms. The number of nitrogens with zero attached hydrogens (tertiary/aromatic N) is 4. The van der Waals surface area contributed by atoms with Crippen LogP contribution in [0.25, 0.3) is 0 Å². The van der Waals surface area contributed by atoms with Crippen molar-refractivity contribution in [2.75, 3.05) is 36.4 Å². The van der Waals surface area contributed by atoms with Gasteiger partial charge in [0, 0.05) is 62.1 Å². The van der Waals surface area contributed by atoms with Gasteiger partial charge in [0.15, 0.2) is 0 Å². The number of amides is 1. The van der Waals surface area contributed by atoms with Crippen molar-refractivity contribution in [3.63, 3.8) is 0 Å². The third kappa shape index (κ3) is 6.13. The number of thioether (sulfide) groups is 1. The molecular formula is C28H29N5O2S. The summed E-state index contributed by atoms with van der Waals surface area (Å²) >= 11 is 1.47. The van der Waals surface area contributed by atoms with E-state index in [4.69, 9.17) is 4.52 Å². The number of anilines is 2. The first kappa shape index (κ1) is 24.1. The summed E-state index contributed by atoms with van der Waals surface area (Å²) in [5, 5.41) is 7.69. The van der Waals surface area contributed by atoms with Crippen LogP contribution in [0.4, 0.5) is 11.4 Å². The van der Waals surface area contributed by atoms with Gasteiger partial charge in [-0.25, -0.2) is 4.98 Å². The number of aromatic nitrogens is 2. The summed E-state index contributed by atoms with van der Waals surface area (Å²) in [6.07, 6.45) is 1.70. The molecule has 0 aliphatic carbocycles. The largest absolute Gasteiger partial charge is 0.369 e. The summed E-state index contributed by atoms with van der Waals surface area (Å²) in [6, 6.07) is 24.2. The molecule has 2 aromatic carbocycles. The first-order valence-electron chi connectivity index (χ1n) is 12.1. The zero-order valence-electron chi connectivity index (χ0n) is 20.3. The molecule has 1 aliphatic heterocycles. The van der Waals surface area contributed by atoms with Crippen molar-refractivity contribution < 1.29 is 9.32 Å². The van der Waals surface area contributed by atoms with E-state index in [2.05, 4.69) is 67.7 Å². The molecule has 0 bridgehead atoms. The third-order valence-corrected chi connectivity index (χ3v) is 7.20. The maximum absolute atomic E-state index is 13.0. The number of piperazine rings is 1. The van der Waals surface area contributed by atoms with Gasteiger partial charge in [0.25, 0.3) is 5.91 Å². The smallest absolute Gasteiger partial charge is 0.258 e. The molecule has 2 aromatic heterocycles. The number of carbonyl (C=O) groups excluding carboxylic acids is 1. The summed E-state index contributed by atoms with van der Waals surface area (Å²) < 4.78 is 5.12. The van der Waals surface area contributed by atoms with Crippen molar-refractivity contribution in [2.45, 2.75) is 24.2 Å². The van der Waals surface area contributed by atoms with E-state index in [0.717, 1.165) is 49.9 Å². The van der Waals surface area contributed by atoms with E-state index in [0.29, 0.717) is 16.3 Å². The van der Waals surface area contributed by atoms with Gasteiger partial charge >= 0.3 is 0 Å². The number of hydrogen-bond acceptors (Lipinski definition) is 7. The van der Waals surface area contributed by atoms with Crippen molar-refractivity contribution in [1.82, 2.24) is 15.0 Å². The molecule has 7 nitrogen and oxygen atoms in total. The second kappa shape index (κ2) is 11.4. The summed E-state index contributed by atoms with van der Waals surface area (Å²) in [5.41, 5.74) is 4.66. The lowest BCUT2D eigenvalue weighted by Gasteiger charge is -2.36. The van der Waals surface area contributed by atoms with Crippen LogP contribution in [0.3, 0.4) is 0 Å². The van der Waals surface area contributed by atoms with Crippen LogP contribution < -0.4 is 10.2 Å². The zero-order chi connectivity index (χ0) is 24.7. The van der Waals surface area contributed by atoms with E-state index in [1.165, 1.54) is 23.0 Å². The minimum Gasteiger partial charge on any atom is -0.369 e. The fraction of sp³-hybridized carbons (Fsp3) is 0.250. The lowest BCUT2D eigenvalue weighted by Crippen LogP contribution is -2.45. The minimum absolute atomic E-state index is 0.177. The zero-order valence-corrected chi connectivity index (χ0v) is 21.1. The van der Waals surface area contributed by atoms with Crippen molar-refractivity contribution in [2.24, 2.45) is 0 Å². The Bertz CT molecular complexity index is 1280. The highest BCUT2D eigenvalue weighted by Crippen LogP contribution is 2.26. The summed E-state index contributed by atoms with van der Waals surface area (Å²) in [4.78, 5) is 22.3. The summed E-state index contributed by atoms with van der Waals surface area (Å²) in [5.74, 6) is 1.17. The number of benzene rings is 2. The minimum atomic E-state index is -0.177. The molecule has 1 saturated heterocycles. The summed E-state index contributed by atoms with van der Waals surface area (Å²) in [7, 11) is 0. The maximum atomic E-state index is 13.0. The second-order valence-electron chi connectivity index (χ2n) is 8.82. The van der Waals surface area contributed by atoms with Gasteiger partial charge in [-0.15, -0.1) is 0 Å². The normalized spacial score (nSPS) is 14.1. The van der Waals surface area contributed by atoms with Crippen molar-refractivity contribution in [1.29, 1.82) is 0 Å². The number of aryl methyl sites for hydroxylation is 1. The van der Waals surface area contributed by atoms with Crippen LogP contribution in [0.15, 0.2) is 88.5 Å². The standard InChI is InChI=1S/C28H29N5O2S/c1-21-18-24(31-35-21)20-36-28-26(8-5-13-29-28)27(34)30-23-9-11-25(12-10-23)33-16-14-32(15-17-33)19-22-6-3-2-4-7-22/h2-13,18H,14-17,19-20H2,1H3,(H,30,34). The fourth-order valence-electron chi connectivity index (χ4n) is 4.27. The maximum Gasteiger partial charge on any atom is 0.258 e. The van der Waals surface area contributed by atoms with Crippen LogP contribution >= 0.6 is 11.8 Å². The van der Waals surface area contributed by atoms with Crippen LogP contribution in [0.2, 0.25) is 0 Å². The molecule has 184 valence electrons. The van der Waals surface area contributed by atoms with E-state index in [-0.39, 0.29) is 5.91 Å². The Labute approximate surface area is 215 Å². The molecule has 4 aromatic rings. The number of hydrogen-bond donors (Lipinski definition) is 1. The quantitative estimate of drug-likeness (QED) is 0.332. The van der Waals surface area contributed by atoms with Crippen LogP contribution in [0.1, 0.15) is 27.4 Å². The van der Waals surface area contributed by atoms with Crippen molar-refractivity contribution >= 4 is 29.0 Å². The van der Waals surface area contributed by atoms with E-state index in [1.54, 1.807) is 18.3 Å². The molecule has 1 fully saturated rings. The van der Waals surface area contributed by atoms with Crippen LogP contribution in [-0.4, -0.2) is 47.1 Å². The Kier molecular flexibility index (Phi) is 7.64. The number of pyridine rings is 1. The van der Waals surface area contributed by atoms with Crippen LogP contribution in [-0.2, 0) is 12.3 Å². The van der Waals surface area contributed by atoms with Gasteiger partial charge < -0.3 is 14.7 Å².